The maximum atomic E-state index is 12.7. The number of hydrogen-bond acceptors (Lipinski definition) is 2. The average molecular weight is 356 g/mol. The van der Waals surface area contributed by atoms with Gasteiger partial charge >= 0.3 is 0 Å². The second-order valence-corrected chi connectivity index (χ2v) is 6.48. The Morgan fingerprint density at radius 2 is 2.05 bits per heavy atom. The molecule has 1 saturated carbocycles. The van der Waals surface area contributed by atoms with Crippen molar-refractivity contribution in [3.63, 3.8) is 0 Å². The normalized spacial score (nSPS) is 17.3. The molecule has 0 spiro atoms. The van der Waals surface area contributed by atoms with Gasteiger partial charge in [0.05, 0.1) is 11.6 Å². The number of nitriles is 1. The van der Waals surface area contributed by atoms with Crippen LogP contribution in [0.4, 0.5) is 0 Å². The molecule has 0 aliphatic heterocycles. The topological polar surface area (TPSA) is 44.1 Å². The molecule has 3 nitrogen and oxygen atoms in total. The highest BCUT2D eigenvalue weighted by Gasteiger charge is 2.39. The molecule has 1 fully saturated rings. The predicted octanol–water partition coefficient (Wildman–Crippen LogP) is 4.40. The third-order valence-electron chi connectivity index (χ3n) is 3.99. The van der Waals surface area contributed by atoms with Crippen LogP contribution in [0.15, 0.2) is 22.7 Å². The van der Waals surface area contributed by atoms with E-state index < -0.39 is 5.54 Å². The lowest BCUT2D eigenvalue weighted by Crippen LogP contribution is -2.49. The van der Waals surface area contributed by atoms with Gasteiger partial charge in [0.15, 0.2) is 0 Å². The van der Waals surface area contributed by atoms with Crippen molar-refractivity contribution in [2.24, 2.45) is 0 Å². The van der Waals surface area contributed by atoms with Gasteiger partial charge in [-0.3, -0.25) is 4.79 Å². The maximum absolute atomic E-state index is 12.7. The molecule has 0 saturated heterocycles. The molecule has 1 aromatic carbocycles. The molecule has 1 amide bonds. The molecule has 1 aromatic rings. The molecular formula is C15H16BrClN2O. The van der Waals surface area contributed by atoms with Gasteiger partial charge in [0, 0.05) is 16.5 Å². The Morgan fingerprint density at radius 3 is 2.65 bits per heavy atom. The average Bonchev–Trinajstić information content (AvgIpc) is 2.49. The Balaban J connectivity index is 2.32. The molecule has 0 radical (unpaired) electrons. The van der Waals surface area contributed by atoms with Gasteiger partial charge in [0.1, 0.15) is 5.54 Å². The van der Waals surface area contributed by atoms with Crippen molar-refractivity contribution in [2.45, 2.75) is 37.6 Å². The van der Waals surface area contributed by atoms with E-state index in [4.69, 9.17) is 11.6 Å². The van der Waals surface area contributed by atoms with Crippen molar-refractivity contribution in [3.05, 3.63) is 33.3 Å². The minimum atomic E-state index is -0.683. The van der Waals surface area contributed by atoms with Crippen LogP contribution in [-0.2, 0) is 0 Å². The van der Waals surface area contributed by atoms with Crippen molar-refractivity contribution in [1.82, 2.24) is 4.90 Å². The molecule has 2 rings (SSSR count). The summed E-state index contributed by atoms with van der Waals surface area (Å²) >= 11 is 9.34. The standard InChI is InChI=1S/C15H16BrClN2O/c1-19(15(10-18)7-3-2-4-8-15)14(20)12-9-11(17)5-6-13(12)16/h5-6,9H,2-4,7-8H2,1H3. The summed E-state index contributed by atoms with van der Waals surface area (Å²) in [7, 11) is 1.71. The van der Waals surface area contributed by atoms with E-state index in [2.05, 4.69) is 22.0 Å². The SMILES string of the molecule is CN(C(=O)c1cc(Cl)ccc1Br)C1(C#N)CCCCC1. The quantitative estimate of drug-likeness (QED) is 0.789. The van der Waals surface area contributed by atoms with Crippen molar-refractivity contribution in [3.8, 4) is 6.07 Å². The lowest BCUT2D eigenvalue weighted by Gasteiger charge is -2.39. The lowest BCUT2D eigenvalue weighted by atomic mass is 9.81. The lowest BCUT2D eigenvalue weighted by molar-refractivity contribution is 0.0588. The second-order valence-electron chi connectivity index (χ2n) is 5.19. The molecule has 0 aromatic heterocycles. The highest BCUT2D eigenvalue weighted by atomic mass is 79.9. The summed E-state index contributed by atoms with van der Waals surface area (Å²) in [5, 5.41) is 10.1. The molecule has 0 N–H and O–H groups in total. The first-order valence-electron chi connectivity index (χ1n) is 6.65. The molecule has 1 aliphatic carbocycles. The first kappa shape index (κ1) is 15.3. The predicted molar refractivity (Wildman–Crippen MR) is 82.7 cm³/mol. The number of carbonyl (C=O) groups excluding carboxylic acids is 1. The third kappa shape index (κ3) is 2.84. The van der Waals surface area contributed by atoms with Crippen molar-refractivity contribution in [1.29, 1.82) is 5.26 Å². The zero-order chi connectivity index (χ0) is 14.8. The first-order chi connectivity index (χ1) is 9.50. The summed E-state index contributed by atoms with van der Waals surface area (Å²) in [6, 6.07) is 7.47. The number of halogens is 2. The van der Waals surface area contributed by atoms with Gasteiger partial charge in [-0.2, -0.15) is 5.26 Å². The van der Waals surface area contributed by atoms with Crippen LogP contribution in [0.2, 0.25) is 5.02 Å². The number of nitrogens with zero attached hydrogens (tertiary/aromatic N) is 2. The van der Waals surface area contributed by atoms with Crippen molar-refractivity contribution >= 4 is 33.4 Å². The van der Waals surface area contributed by atoms with Gasteiger partial charge in [-0.25, -0.2) is 0 Å². The number of benzene rings is 1. The largest absolute Gasteiger partial charge is 0.323 e. The van der Waals surface area contributed by atoms with E-state index in [-0.39, 0.29) is 5.91 Å². The van der Waals surface area contributed by atoms with E-state index in [0.717, 1.165) is 32.1 Å². The number of hydrogen-bond donors (Lipinski definition) is 0. The van der Waals surface area contributed by atoms with Crippen molar-refractivity contribution < 1.29 is 4.79 Å². The van der Waals surface area contributed by atoms with Gasteiger partial charge in [-0.15, -0.1) is 0 Å². The summed E-state index contributed by atoms with van der Waals surface area (Å²) in [5.41, 5.74) is -0.183. The summed E-state index contributed by atoms with van der Waals surface area (Å²) in [6.45, 7) is 0. The summed E-state index contributed by atoms with van der Waals surface area (Å²) in [6.07, 6.45) is 4.59. The Hall–Kier alpha value is -1.05. The summed E-state index contributed by atoms with van der Waals surface area (Å²) in [4.78, 5) is 14.3. The minimum absolute atomic E-state index is 0.164. The molecular weight excluding hydrogens is 340 g/mol. The smallest absolute Gasteiger partial charge is 0.256 e. The molecule has 0 bridgehead atoms. The monoisotopic (exact) mass is 354 g/mol. The number of rotatable bonds is 2. The van der Waals surface area contributed by atoms with E-state index >= 15 is 0 Å². The number of carbonyl (C=O) groups is 1. The van der Waals surface area contributed by atoms with Crippen molar-refractivity contribution in [2.75, 3.05) is 7.05 Å². The maximum Gasteiger partial charge on any atom is 0.256 e. The molecule has 106 valence electrons. The minimum Gasteiger partial charge on any atom is -0.323 e. The third-order valence-corrected chi connectivity index (χ3v) is 4.92. The first-order valence-corrected chi connectivity index (χ1v) is 7.82. The van der Waals surface area contributed by atoms with Crippen LogP contribution in [0, 0.1) is 11.3 Å². The molecule has 20 heavy (non-hydrogen) atoms. The van der Waals surface area contributed by atoms with Gasteiger partial charge in [-0.05, 0) is 47.0 Å². The van der Waals surface area contributed by atoms with E-state index in [9.17, 15) is 10.1 Å². The summed E-state index contributed by atoms with van der Waals surface area (Å²) < 4.78 is 0.697. The van der Waals surface area contributed by atoms with Crippen LogP contribution < -0.4 is 0 Å². The molecule has 0 unspecified atom stereocenters. The Morgan fingerprint density at radius 1 is 1.40 bits per heavy atom. The van der Waals surface area contributed by atoms with Crippen LogP contribution in [0.5, 0.6) is 0 Å². The molecule has 0 atom stereocenters. The van der Waals surface area contributed by atoms with E-state index in [1.165, 1.54) is 0 Å². The Labute approximate surface area is 132 Å². The highest BCUT2D eigenvalue weighted by molar-refractivity contribution is 9.10. The zero-order valence-corrected chi connectivity index (χ0v) is 13.7. The van der Waals surface area contributed by atoms with Gasteiger partial charge in [0.25, 0.3) is 5.91 Å². The summed E-state index contributed by atoms with van der Waals surface area (Å²) in [5.74, 6) is -0.164. The Bertz CT molecular complexity index is 561. The van der Waals surface area contributed by atoms with Gasteiger partial charge < -0.3 is 4.90 Å². The highest BCUT2D eigenvalue weighted by Crippen LogP contribution is 2.34. The van der Waals surface area contributed by atoms with Crippen LogP contribution in [-0.4, -0.2) is 23.4 Å². The van der Waals surface area contributed by atoms with Crippen LogP contribution in [0.3, 0.4) is 0 Å². The zero-order valence-electron chi connectivity index (χ0n) is 11.3. The number of amides is 1. The van der Waals surface area contributed by atoms with Crippen LogP contribution >= 0.6 is 27.5 Å². The van der Waals surface area contributed by atoms with Gasteiger partial charge in [-0.1, -0.05) is 30.9 Å². The second kappa shape index (κ2) is 6.15. The fourth-order valence-electron chi connectivity index (χ4n) is 2.70. The Kier molecular flexibility index (Phi) is 4.72. The van der Waals surface area contributed by atoms with Crippen LogP contribution in [0.25, 0.3) is 0 Å². The molecule has 5 heteroatoms. The van der Waals surface area contributed by atoms with E-state index in [0.29, 0.717) is 15.1 Å². The van der Waals surface area contributed by atoms with Crippen LogP contribution in [0.1, 0.15) is 42.5 Å². The van der Waals surface area contributed by atoms with E-state index in [1.807, 2.05) is 0 Å². The van der Waals surface area contributed by atoms with E-state index in [1.54, 1.807) is 30.1 Å². The fourth-order valence-corrected chi connectivity index (χ4v) is 3.28. The fraction of sp³-hybridized carbons (Fsp3) is 0.467. The molecule has 1 aliphatic rings. The van der Waals surface area contributed by atoms with Gasteiger partial charge in [0.2, 0.25) is 0 Å². The molecule has 0 heterocycles.